The zero-order valence-corrected chi connectivity index (χ0v) is 16.5. The maximum atomic E-state index is 13.1. The summed E-state index contributed by atoms with van der Waals surface area (Å²) in [5.41, 5.74) is 0.427. The average molecular weight is 419 g/mol. The number of likely N-dealkylation sites (tertiary alicyclic amines) is 1. The van der Waals surface area contributed by atoms with Crippen molar-refractivity contribution in [1.29, 1.82) is 0 Å². The van der Waals surface area contributed by atoms with Crippen molar-refractivity contribution >= 4 is 16.9 Å². The second-order valence-corrected chi connectivity index (χ2v) is 7.53. The summed E-state index contributed by atoms with van der Waals surface area (Å²) in [6.45, 7) is 0.886. The van der Waals surface area contributed by atoms with E-state index >= 15 is 0 Å². The van der Waals surface area contributed by atoms with E-state index in [1.165, 1.54) is 12.1 Å². The molecule has 3 heterocycles. The van der Waals surface area contributed by atoms with Gasteiger partial charge in [0.1, 0.15) is 17.0 Å². The molecule has 156 valence electrons. The highest BCUT2D eigenvalue weighted by Gasteiger charge is 2.30. The van der Waals surface area contributed by atoms with Gasteiger partial charge in [0.05, 0.1) is 5.92 Å². The Balaban J connectivity index is 1.37. The van der Waals surface area contributed by atoms with Gasteiger partial charge >= 0.3 is 5.63 Å². The van der Waals surface area contributed by atoms with Gasteiger partial charge in [0, 0.05) is 24.0 Å². The lowest BCUT2D eigenvalue weighted by atomic mass is 9.97. The van der Waals surface area contributed by atoms with E-state index < -0.39 is 5.63 Å². The van der Waals surface area contributed by atoms with Gasteiger partial charge < -0.3 is 13.7 Å². The van der Waals surface area contributed by atoms with E-state index in [9.17, 15) is 14.0 Å². The fourth-order valence-corrected chi connectivity index (χ4v) is 3.85. The van der Waals surface area contributed by atoms with Gasteiger partial charge in [-0.3, -0.25) is 4.79 Å². The third-order valence-corrected chi connectivity index (χ3v) is 5.46. The monoisotopic (exact) mass is 419 g/mol. The van der Waals surface area contributed by atoms with Crippen molar-refractivity contribution < 1.29 is 18.0 Å². The molecule has 1 aliphatic rings. The Kier molecular flexibility index (Phi) is 4.82. The van der Waals surface area contributed by atoms with Crippen molar-refractivity contribution in [2.45, 2.75) is 18.8 Å². The Morgan fingerprint density at radius 2 is 1.87 bits per heavy atom. The van der Waals surface area contributed by atoms with E-state index in [1.807, 2.05) is 6.07 Å². The summed E-state index contributed by atoms with van der Waals surface area (Å²) in [5.74, 6) is -0.145. The highest BCUT2D eigenvalue weighted by atomic mass is 19.1. The molecule has 0 N–H and O–H groups in total. The summed E-state index contributed by atoms with van der Waals surface area (Å²) in [6.07, 6.45) is 1.52. The van der Waals surface area contributed by atoms with Crippen LogP contribution in [0.5, 0.6) is 0 Å². The molecule has 4 aromatic rings. The van der Waals surface area contributed by atoms with Gasteiger partial charge in [0.25, 0.3) is 5.91 Å². The Morgan fingerprint density at radius 3 is 2.71 bits per heavy atom. The van der Waals surface area contributed by atoms with Crippen molar-refractivity contribution in [3.8, 4) is 11.5 Å². The second kappa shape index (κ2) is 7.79. The summed E-state index contributed by atoms with van der Waals surface area (Å²) in [6, 6.07) is 14.5. The van der Waals surface area contributed by atoms with Gasteiger partial charge in [-0.25, -0.2) is 9.18 Å². The third-order valence-electron chi connectivity index (χ3n) is 5.46. The molecule has 2 aromatic heterocycles. The van der Waals surface area contributed by atoms with Crippen molar-refractivity contribution in [1.82, 2.24) is 15.1 Å². The standard InChI is InChI=1S/C23H18FN3O4/c24-17-9-7-14(8-10-17)20-25-26-21(31-20)16-5-3-11-27(13-16)22(28)18-12-15-4-1-2-6-19(15)30-23(18)29/h1-2,4,6-10,12,16H,3,5,11,13H2. The molecule has 0 aliphatic carbocycles. The van der Waals surface area contributed by atoms with Gasteiger partial charge in [-0.1, -0.05) is 18.2 Å². The number of carbonyl (C=O) groups is 1. The van der Waals surface area contributed by atoms with Crippen LogP contribution in [0.2, 0.25) is 0 Å². The maximum Gasteiger partial charge on any atom is 0.349 e. The SMILES string of the molecule is O=C(c1cc2ccccc2oc1=O)N1CCCC(c2nnc(-c3ccc(F)cc3)o2)C1. The fraction of sp³-hybridized carbons (Fsp3) is 0.217. The molecule has 7 nitrogen and oxygen atoms in total. The number of aromatic nitrogens is 2. The summed E-state index contributed by atoms with van der Waals surface area (Å²) >= 11 is 0. The van der Waals surface area contributed by atoms with Crippen LogP contribution in [0.3, 0.4) is 0 Å². The number of para-hydroxylation sites is 1. The molecule has 31 heavy (non-hydrogen) atoms. The smallest absolute Gasteiger partial charge is 0.349 e. The maximum absolute atomic E-state index is 13.1. The van der Waals surface area contributed by atoms with Crippen LogP contribution in [0.4, 0.5) is 4.39 Å². The van der Waals surface area contributed by atoms with E-state index in [0.717, 1.165) is 12.8 Å². The Morgan fingerprint density at radius 1 is 1.06 bits per heavy atom. The molecule has 1 aliphatic heterocycles. The Bertz CT molecular complexity index is 1310. The van der Waals surface area contributed by atoms with Crippen molar-refractivity contribution in [3.63, 3.8) is 0 Å². The summed E-state index contributed by atoms with van der Waals surface area (Å²) in [5, 5.41) is 8.89. The molecule has 8 heteroatoms. The van der Waals surface area contributed by atoms with Crippen LogP contribution in [0, 0.1) is 5.82 Å². The molecular weight excluding hydrogens is 401 g/mol. The number of halogens is 1. The van der Waals surface area contributed by atoms with Gasteiger partial charge in [-0.05, 0) is 49.2 Å². The van der Waals surface area contributed by atoms with Crippen LogP contribution < -0.4 is 5.63 Å². The lowest BCUT2D eigenvalue weighted by Crippen LogP contribution is -2.40. The zero-order chi connectivity index (χ0) is 21.4. The van der Waals surface area contributed by atoms with Crippen molar-refractivity contribution in [3.05, 3.63) is 82.3 Å². The fourth-order valence-electron chi connectivity index (χ4n) is 3.85. The van der Waals surface area contributed by atoms with Crippen molar-refractivity contribution in [2.75, 3.05) is 13.1 Å². The van der Waals surface area contributed by atoms with Gasteiger partial charge in [0.2, 0.25) is 11.8 Å². The van der Waals surface area contributed by atoms with Crippen LogP contribution in [-0.2, 0) is 0 Å². The molecule has 0 bridgehead atoms. The lowest BCUT2D eigenvalue weighted by molar-refractivity contribution is 0.0694. The molecule has 5 rings (SSSR count). The van der Waals surface area contributed by atoms with Crippen LogP contribution in [0.1, 0.15) is 35.0 Å². The number of hydrogen-bond acceptors (Lipinski definition) is 6. The zero-order valence-electron chi connectivity index (χ0n) is 16.5. The van der Waals surface area contributed by atoms with Crippen LogP contribution in [0.25, 0.3) is 22.4 Å². The molecule has 1 saturated heterocycles. The minimum absolute atomic E-state index is 0.0110. The molecule has 0 saturated carbocycles. The summed E-state index contributed by atoms with van der Waals surface area (Å²) in [4.78, 5) is 27.1. The van der Waals surface area contributed by atoms with Crippen molar-refractivity contribution in [2.24, 2.45) is 0 Å². The van der Waals surface area contributed by atoms with E-state index in [1.54, 1.807) is 41.3 Å². The number of rotatable bonds is 3. The lowest BCUT2D eigenvalue weighted by Gasteiger charge is -2.30. The highest BCUT2D eigenvalue weighted by Crippen LogP contribution is 2.29. The predicted octanol–water partition coefficient (Wildman–Crippen LogP) is 4.00. The summed E-state index contributed by atoms with van der Waals surface area (Å²) in [7, 11) is 0. The minimum Gasteiger partial charge on any atom is -0.422 e. The third kappa shape index (κ3) is 3.72. The number of hydrogen-bond donors (Lipinski definition) is 0. The number of amides is 1. The minimum atomic E-state index is -0.651. The number of piperidine rings is 1. The molecule has 1 unspecified atom stereocenters. The average Bonchev–Trinajstić information content (AvgIpc) is 3.29. The number of fused-ring (bicyclic) bond motifs is 1. The van der Waals surface area contributed by atoms with Gasteiger partial charge in [-0.2, -0.15) is 0 Å². The topological polar surface area (TPSA) is 89.4 Å². The Labute approximate surface area is 176 Å². The number of benzene rings is 2. The Hall–Kier alpha value is -3.81. The first-order valence-electron chi connectivity index (χ1n) is 10.00. The molecule has 1 amide bonds. The van der Waals surface area contributed by atoms with Crippen LogP contribution in [0.15, 0.2) is 68.2 Å². The van der Waals surface area contributed by atoms with E-state index in [0.29, 0.717) is 41.4 Å². The van der Waals surface area contributed by atoms with Gasteiger partial charge in [0.15, 0.2) is 0 Å². The van der Waals surface area contributed by atoms with Crippen LogP contribution in [-0.4, -0.2) is 34.1 Å². The first-order chi connectivity index (χ1) is 15.1. The molecular formula is C23H18FN3O4. The normalized spacial score (nSPS) is 16.5. The predicted molar refractivity (Wildman–Crippen MR) is 110 cm³/mol. The highest BCUT2D eigenvalue weighted by molar-refractivity contribution is 5.96. The van der Waals surface area contributed by atoms with E-state index in [2.05, 4.69) is 10.2 Å². The van der Waals surface area contributed by atoms with Crippen LogP contribution >= 0.6 is 0 Å². The molecule has 0 spiro atoms. The first kappa shape index (κ1) is 19.2. The van der Waals surface area contributed by atoms with E-state index in [4.69, 9.17) is 8.83 Å². The first-order valence-corrected chi connectivity index (χ1v) is 10.00. The number of nitrogens with zero attached hydrogens (tertiary/aromatic N) is 3. The summed E-state index contributed by atoms with van der Waals surface area (Å²) < 4.78 is 24.2. The number of carbonyl (C=O) groups excluding carboxylic acids is 1. The largest absolute Gasteiger partial charge is 0.422 e. The second-order valence-electron chi connectivity index (χ2n) is 7.53. The van der Waals surface area contributed by atoms with E-state index in [-0.39, 0.29) is 23.2 Å². The van der Waals surface area contributed by atoms with Gasteiger partial charge in [-0.15, -0.1) is 10.2 Å². The molecule has 2 aromatic carbocycles. The molecule has 1 atom stereocenters. The quantitative estimate of drug-likeness (QED) is 0.466. The molecule has 0 radical (unpaired) electrons. The molecule has 1 fully saturated rings.